The average Bonchev–Trinajstić information content (AvgIpc) is 2.26. The van der Waals surface area contributed by atoms with E-state index in [2.05, 4.69) is 11.9 Å². The van der Waals surface area contributed by atoms with Gasteiger partial charge in [-0.2, -0.15) is 0 Å². The van der Waals surface area contributed by atoms with Crippen molar-refractivity contribution in [2.45, 2.75) is 19.4 Å². The van der Waals surface area contributed by atoms with Gasteiger partial charge >= 0.3 is 0 Å². The molecule has 3 N–H and O–H groups in total. The molecule has 1 aromatic carbocycles. The third-order valence-electron chi connectivity index (χ3n) is 2.58. The summed E-state index contributed by atoms with van der Waals surface area (Å²) in [7, 11) is 0. The Labute approximate surface area is 96.4 Å². The highest BCUT2D eigenvalue weighted by molar-refractivity contribution is 5.29. The molecular weight excluding hydrogens is 203 g/mol. The van der Waals surface area contributed by atoms with Crippen LogP contribution in [0.3, 0.4) is 0 Å². The Balaban J connectivity index is 2.74. The molecule has 0 saturated heterocycles. The number of hydrogen-bond acceptors (Lipinski definition) is 2. The topological polar surface area (TPSA) is 38.0 Å². The number of benzene rings is 1. The number of hydrogen-bond donors (Lipinski definition) is 2. The zero-order valence-corrected chi connectivity index (χ0v) is 9.67. The average molecular weight is 222 g/mol. The number of halogens is 1. The van der Waals surface area contributed by atoms with Crippen LogP contribution in [-0.2, 0) is 0 Å². The Morgan fingerprint density at radius 3 is 2.88 bits per heavy atom. The van der Waals surface area contributed by atoms with Crippen LogP contribution < -0.4 is 11.1 Å². The maximum Gasteiger partial charge on any atom is 0.123 e. The second-order valence-corrected chi connectivity index (χ2v) is 3.82. The Hall–Kier alpha value is -1.19. The molecule has 0 fully saturated rings. The van der Waals surface area contributed by atoms with Crippen molar-refractivity contribution in [1.82, 2.24) is 5.32 Å². The summed E-state index contributed by atoms with van der Waals surface area (Å²) in [6.45, 7) is 6.90. The lowest BCUT2D eigenvalue weighted by Crippen LogP contribution is -2.29. The van der Waals surface area contributed by atoms with Gasteiger partial charge < -0.3 is 11.1 Å². The molecule has 0 spiro atoms. The molecule has 0 saturated carbocycles. The van der Waals surface area contributed by atoms with Crippen LogP contribution in [0.2, 0.25) is 0 Å². The van der Waals surface area contributed by atoms with E-state index in [1.165, 1.54) is 12.1 Å². The zero-order valence-electron chi connectivity index (χ0n) is 9.67. The highest BCUT2D eigenvalue weighted by atomic mass is 19.1. The van der Waals surface area contributed by atoms with E-state index in [9.17, 15) is 4.39 Å². The molecule has 1 aromatic rings. The lowest BCUT2D eigenvalue weighted by atomic mass is 10.0. The van der Waals surface area contributed by atoms with Crippen molar-refractivity contribution < 1.29 is 4.39 Å². The van der Waals surface area contributed by atoms with Crippen molar-refractivity contribution in [3.8, 4) is 0 Å². The van der Waals surface area contributed by atoms with E-state index in [1.807, 2.05) is 13.0 Å². The zero-order chi connectivity index (χ0) is 12.0. The van der Waals surface area contributed by atoms with Crippen molar-refractivity contribution in [2.24, 2.45) is 5.73 Å². The monoisotopic (exact) mass is 222 g/mol. The Morgan fingerprint density at radius 1 is 1.56 bits per heavy atom. The fourth-order valence-electron chi connectivity index (χ4n) is 1.71. The second kappa shape index (κ2) is 6.40. The van der Waals surface area contributed by atoms with Crippen molar-refractivity contribution in [2.75, 3.05) is 13.1 Å². The van der Waals surface area contributed by atoms with E-state index in [0.29, 0.717) is 6.54 Å². The third kappa shape index (κ3) is 3.43. The van der Waals surface area contributed by atoms with Gasteiger partial charge in [-0.05, 0) is 43.1 Å². The predicted molar refractivity (Wildman–Crippen MR) is 65.7 cm³/mol. The van der Waals surface area contributed by atoms with Gasteiger partial charge in [0.15, 0.2) is 0 Å². The van der Waals surface area contributed by atoms with Gasteiger partial charge in [-0.15, -0.1) is 6.58 Å². The molecular formula is C13H19FN2. The van der Waals surface area contributed by atoms with Crippen LogP contribution in [0.5, 0.6) is 0 Å². The molecule has 0 aromatic heterocycles. The smallest absolute Gasteiger partial charge is 0.123 e. The summed E-state index contributed by atoms with van der Waals surface area (Å²) in [5, 5.41) is 3.33. The predicted octanol–water partition coefficient (Wildman–Crippen LogP) is 2.30. The minimum absolute atomic E-state index is 0.0838. The molecule has 3 heteroatoms. The molecule has 0 amide bonds. The van der Waals surface area contributed by atoms with Crippen molar-refractivity contribution >= 4 is 0 Å². The van der Waals surface area contributed by atoms with Crippen LogP contribution in [0, 0.1) is 12.7 Å². The highest BCUT2D eigenvalue weighted by Crippen LogP contribution is 2.17. The molecule has 0 radical (unpaired) electrons. The molecule has 0 heterocycles. The van der Waals surface area contributed by atoms with E-state index in [1.54, 1.807) is 6.07 Å². The van der Waals surface area contributed by atoms with Gasteiger partial charge in [0, 0.05) is 12.6 Å². The maximum atomic E-state index is 13.0. The van der Waals surface area contributed by atoms with Gasteiger partial charge in [-0.3, -0.25) is 0 Å². The summed E-state index contributed by atoms with van der Waals surface area (Å²) in [4.78, 5) is 0. The molecule has 16 heavy (non-hydrogen) atoms. The molecule has 2 nitrogen and oxygen atoms in total. The van der Waals surface area contributed by atoms with Crippen molar-refractivity contribution in [3.05, 3.63) is 47.8 Å². The van der Waals surface area contributed by atoms with E-state index < -0.39 is 0 Å². The Kier molecular flexibility index (Phi) is 5.15. The molecule has 1 rings (SSSR count). The molecule has 1 atom stereocenters. The second-order valence-electron chi connectivity index (χ2n) is 3.82. The van der Waals surface area contributed by atoms with E-state index in [-0.39, 0.29) is 11.9 Å². The molecule has 0 bridgehead atoms. The lowest BCUT2D eigenvalue weighted by molar-refractivity contribution is 0.543. The largest absolute Gasteiger partial charge is 0.329 e. The summed E-state index contributed by atoms with van der Waals surface area (Å²) in [5.41, 5.74) is 7.71. The fourth-order valence-corrected chi connectivity index (χ4v) is 1.71. The molecule has 0 aliphatic rings. The third-order valence-corrected chi connectivity index (χ3v) is 2.58. The molecule has 0 aliphatic carbocycles. The summed E-state index contributed by atoms with van der Waals surface area (Å²) in [5.74, 6) is -0.205. The molecule has 88 valence electrons. The van der Waals surface area contributed by atoms with Gasteiger partial charge in [0.1, 0.15) is 5.82 Å². The van der Waals surface area contributed by atoms with Crippen LogP contribution in [0.1, 0.15) is 23.6 Å². The summed E-state index contributed by atoms with van der Waals surface area (Å²) in [6.07, 6.45) is 2.76. The first-order chi connectivity index (χ1) is 7.69. The van der Waals surface area contributed by atoms with Crippen LogP contribution in [0.15, 0.2) is 30.9 Å². The van der Waals surface area contributed by atoms with Gasteiger partial charge in [0.2, 0.25) is 0 Å². The number of nitrogens with two attached hydrogens (primary N) is 1. The SMILES string of the molecule is C=CCCNC(CN)c1ccc(F)cc1C. The minimum Gasteiger partial charge on any atom is -0.329 e. The van der Waals surface area contributed by atoms with Crippen LogP contribution in [0.25, 0.3) is 0 Å². The first kappa shape index (κ1) is 12.9. The summed E-state index contributed by atoms with van der Waals surface area (Å²) >= 11 is 0. The molecule has 0 aliphatic heterocycles. The minimum atomic E-state index is -0.205. The first-order valence-corrected chi connectivity index (χ1v) is 5.49. The summed E-state index contributed by atoms with van der Waals surface area (Å²) in [6, 6.07) is 4.89. The standard InChI is InChI=1S/C13H19FN2/c1-3-4-7-16-13(9-15)12-6-5-11(14)8-10(12)2/h3,5-6,8,13,16H,1,4,7,9,15H2,2H3. The number of nitrogens with one attached hydrogen (secondary N) is 1. The quantitative estimate of drug-likeness (QED) is 0.572. The Morgan fingerprint density at radius 2 is 2.31 bits per heavy atom. The number of rotatable bonds is 6. The van der Waals surface area contributed by atoms with Crippen molar-refractivity contribution in [3.63, 3.8) is 0 Å². The van der Waals surface area contributed by atoms with E-state index in [4.69, 9.17) is 5.73 Å². The maximum absolute atomic E-state index is 13.0. The highest BCUT2D eigenvalue weighted by Gasteiger charge is 2.11. The van der Waals surface area contributed by atoms with Crippen LogP contribution in [-0.4, -0.2) is 13.1 Å². The number of aryl methyl sites for hydroxylation is 1. The van der Waals surface area contributed by atoms with Crippen LogP contribution in [0.4, 0.5) is 4.39 Å². The van der Waals surface area contributed by atoms with E-state index >= 15 is 0 Å². The normalized spacial score (nSPS) is 12.4. The lowest BCUT2D eigenvalue weighted by Gasteiger charge is -2.19. The Bertz CT molecular complexity index is 350. The first-order valence-electron chi connectivity index (χ1n) is 5.49. The van der Waals surface area contributed by atoms with Crippen LogP contribution >= 0.6 is 0 Å². The van der Waals surface area contributed by atoms with Gasteiger partial charge in [0.05, 0.1) is 0 Å². The summed E-state index contributed by atoms with van der Waals surface area (Å²) < 4.78 is 13.0. The fraction of sp³-hybridized carbons (Fsp3) is 0.385. The van der Waals surface area contributed by atoms with Crippen molar-refractivity contribution in [1.29, 1.82) is 0 Å². The molecule has 1 unspecified atom stereocenters. The van der Waals surface area contributed by atoms with E-state index in [0.717, 1.165) is 24.1 Å². The van der Waals surface area contributed by atoms with Gasteiger partial charge in [-0.25, -0.2) is 4.39 Å². The van der Waals surface area contributed by atoms with Gasteiger partial charge in [-0.1, -0.05) is 12.1 Å². The van der Waals surface area contributed by atoms with Gasteiger partial charge in [0.25, 0.3) is 0 Å².